The number of nitrogens with one attached hydrogen (secondary N) is 1. The monoisotopic (exact) mass is 441 g/mol. The van der Waals surface area contributed by atoms with Crippen LogP contribution in [0.1, 0.15) is 62.7 Å². The van der Waals surface area contributed by atoms with Crippen molar-refractivity contribution < 1.29 is 19.8 Å². The van der Waals surface area contributed by atoms with Crippen molar-refractivity contribution in [2.75, 3.05) is 0 Å². The lowest BCUT2D eigenvalue weighted by atomic mass is 9.44. The van der Waals surface area contributed by atoms with Gasteiger partial charge >= 0.3 is 5.97 Å². The Balaban J connectivity index is 1.46. The van der Waals surface area contributed by atoms with Crippen LogP contribution in [0.15, 0.2) is 35.7 Å². The van der Waals surface area contributed by atoms with Crippen LogP contribution >= 0.6 is 11.3 Å². The molecule has 1 amide bonds. The molecule has 0 saturated heterocycles. The lowest BCUT2D eigenvalue weighted by Gasteiger charge is -2.62. The number of carbonyl (C=O) groups excluding carboxylic acids is 1. The normalized spacial score (nSPS) is 26.6. The van der Waals surface area contributed by atoms with Crippen molar-refractivity contribution in [1.82, 2.24) is 5.32 Å². The maximum atomic E-state index is 13.2. The Bertz CT molecular complexity index is 1010. The van der Waals surface area contributed by atoms with E-state index >= 15 is 0 Å². The van der Waals surface area contributed by atoms with E-state index in [1.807, 2.05) is 11.4 Å². The van der Waals surface area contributed by atoms with Crippen molar-refractivity contribution >= 4 is 33.3 Å². The smallest absolute Gasteiger partial charge is 0.303 e. The highest BCUT2D eigenvalue weighted by Gasteiger charge is 2.57. The molecular weight excluding hydrogens is 410 g/mol. The average Bonchev–Trinajstić information content (AvgIpc) is 3.13. The Morgan fingerprint density at radius 3 is 2.81 bits per heavy atom. The first-order chi connectivity index (χ1) is 14.8. The molecule has 31 heavy (non-hydrogen) atoms. The van der Waals surface area contributed by atoms with Crippen molar-refractivity contribution in [3.8, 4) is 5.75 Å². The first-order valence-electron chi connectivity index (χ1n) is 11.1. The van der Waals surface area contributed by atoms with Gasteiger partial charge in [-0.25, -0.2) is 0 Å². The fourth-order valence-electron chi connectivity index (χ4n) is 5.55. The molecule has 3 N–H and O–H groups in total. The van der Waals surface area contributed by atoms with E-state index in [0.29, 0.717) is 29.7 Å². The minimum Gasteiger partial charge on any atom is -0.508 e. The number of aromatic hydroxyl groups is 1. The molecule has 1 aromatic carbocycles. The third-order valence-corrected chi connectivity index (χ3v) is 8.50. The minimum absolute atomic E-state index is 0.0570. The van der Waals surface area contributed by atoms with Gasteiger partial charge in [-0.15, -0.1) is 11.3 Å². The molecule has 3 fully saturated rings. The van der Waals surface area contributed by atoms with Crippen LogP contribution in [0.3, 0.4) is 0 Å². The molecule has 3 aliphatic rings. The number of hydrogen-bond donors (Lipinski definition) is 3. The van der Waals surface area contributed by atoms with E-state index in [9.17, 15) is 14.7 Å². The number of benzene rings is 1. The standard InChI is InChI=1S/C25H31NO4S/c1-25(2)16-11-15(7-5-3-4-6-8-22(28)29)23(20(25)12-16)26-24(30)19-14-31-21-10-9-17(27)13-18(19)21/h3,5,9-10,13-16,20,23,27H,4,6-8,11-12H2,1-2H3,(H,26,30)(H,28,29)/b5-3+/t15-,16-,20-,23?/m0/s1. The van der Waals surface area contributed by atoms with E-state index in [1.165, 1.54) is 17.8 Å². The summed E-state index contributed by atoms with van der Waals surface area (Å²) in [5, 5.41) is 24.7. The molecule has 0 spiro atoms. The van der Waals surface area contributed by atoms with Gasteiger partial charge < -0.3 is 15.5 Å². The molecule has 0 aliphatic heterocycles. The molecule has 4 atom stereocenters. The molecule has 166 valence electrons. The number of thiophene rings is 1. The molecule has 1 heterocycles. The summed E-state index contributed by atoms with van der Waals surface area (Å²) >= 11 is 1.52. The highest BCUT2D eigenvalue weighted by molar-refractivity contribution is 7.17. The molecule has 3 aliphatic carbocycles. The van der Waals surface area contributed by atoms with Crippen LogP contribution in [0.5, 0.6) is 5.75 Å². The number of unbranched alkanes of at least 4 members (excludes halogenated alkanes) is 1. The summed E-state index contributed by atoms with van der Waals surface area (Å²) in [5.74, 6) is 0.939. The van der Waals surface area contributed by atoms with Gasteiger partial charge in [0.25, 0.3) is 5.91 Å². The van der Waals surface area contributed by atoms with Crippen LogP contribution in [0, 0.1) is 23.2 Å². The van der Waals surface area contributed by atoms with Crippen molar-refractivity contribution in [3.63, 3.8) is 0 Å². The first-order valence-corrected chi connectivity index (χ1v) is 12.0. The lowest BCUT2D eigenvalue weighted by Crippen LogP contribution is -2.63. The molecule has 5 rings (SSSR count). The van der Waals surface area contributed by atoms with Gasteiger partial charge in [-0.05, 0) is 73.5 Å². The van der Waals surface area contributed by atoms with Gasteiger partial charge in [0.05, 0.1) is 5.56 Å². The molecule has 5 nitrogen and oxygen atoms in total. The number of phenolic OH excluding ortho intramolecular Hbond substituents is 1. The number of carboxylic acids is 1. The van der Waals surface area contributed by atoms with Crippen LogP contribution in [0.25, 0.3) is 10.1 Å². The number of hydrogen-bond acceptors (Lipinski definition) is 4. The van der Waals surface area contributed by atoms with E-state index in [0.717, 1.165) is 29.3 Å². The van der Waals surface area contributed by atoms with Gasteiger partial charge in [-0.2, -0.15) is 0 Å². The zero-order valence-electron chi connectivity index (χ0n) is 18.1. The SMILES string of the molecule is CC1(C)[C@H]2C[C@H](C/C=C/CCCC(=O)O)C(NC(=O)c3csc4ccc(O)cc34)[C@@H]1C2. The summed E-state index contributed by atoms with van der Waals surface area (Å²) in [6.07, 6.45) is 9.08. The zero-order chi connectivity index (χ0) is 22.2. The summed E-state index contributed by atoms with van der Waals surface area (Å²) < 4.78 is 0.997. The molecule has 2 bridgehead atoms. The highest BCUT2D eigenvalue weighted by Crippen LogP contribution is 2.61. The fourth-order valence-corrected chi connectivity index (χ4v) is 6.47. The lowest BCUT2D eigenvalue weighted by molar-refractivity contribution is -0.137. The van der Waals surface area contributed by atoms with Gasteiger partial charge in [0.15, 0.2) is 0 Å². The third-order valence-electron chi connectivity index (χ3n) is 7.54. The Morgan fingerprint density at radius 1 is 1.26 bits per heavy atom. The number of rotatable bonds is 8. The largest absolute Gasteiger partial charge is 0.508 e. The second-order valence-electron chi connectivity index (χ2n) is 9.68. The summed E-state index contributed by atoms with van der Waals surface area (Å²) in [7, 11) is 0. The topological polar surface area (TPSA) is 86.6 Å². The summed E-state index contributed by atoms with van der Waals surface area (Å²) in [5.41, 5.74) is 0.882. The second kappa shape index (κ2) is 8.65. The maximum absolute atomic E-state index is 13.2. The number of fused-ring (bicyclic) bond motifs is 3. The van der Waals surface area contributed by atoms with E-state index < -0.39 is 5.97 Å². The van der Waals surface area contributed by atoms with Gasteiger partial charge in [-0.3, -0.25) is 9.59 Å². The van der Waals surface area contributed by atoms with Crippen molar-refractivity contribution in [3.05, 3.63) is 41.3 Å². The Morgan fingerprint density at radius 2 is 2.06 bits per heavy atom. The predicted molar refractivity (Wildman–Crippen MR) is 123 cm³/mol. The number of carbonyl (C=O) groups is 2. The van der Waals surface area contributed by atoms with Crippen molar-refractivity contribution in [1.29, 1.82) is 0 Å². The van der Waals surface area contributed by atoms with Gasteiger partial charge in [0.2, 0.25) is 0 Å². The number of phenols is 1. The van der Waals surface area contributed by atoms with Crippen LogP contribution < -0.4 is 5.32 Å². The fraction of sp³-hybridized carbons (Fsp3) is 0.520. The van der Waals surface area contributed by atoms with Crippen LogP contribution in [0.2, 0.25) is 0 Å². The minimum atomic E-state index is -0.750. The number of amides is 1. The Hall–Kier alpha value is -2.34. The quantitative estimate of drug-likeness (QED) is 0.368. The van der Waals surface area contributed by atoms with Crippen molar-refractivity contribution in [2.24, 2.45) is 23.2 Å². The molecule has 6 heteroatoms. The van der Waals surface area contributed by atoms with E-state index in [1.54, 1.807) is 12.1 Å². The first kappa shape index (κ1) is 21.9. The highest BCUT2D eigenvalue weighted by atomic mass is 32.1. The summed E-state index contributed by atoms with van der Waals surface area (Å²) in [6, 6.07) is 5.30. The van der Waals surface area contributed by atoms with Gasteiger partial charge in [0.1, 0.15) is 5.75 Å². The Labute approximate surface area is 187 Å². The number of aliphatic carboxylic acids is 1. The van der Waals surface area contributed by atoms with E-state index in [-0.39, 0.29) is 29.5 Å². The third kappa shape index (κ3) is 4.36. The second-order valence-corrected chi connectivity index (χ2v) is 10.6. The van der Waals surface area contributed by atoms with E-state index in [4.69, 9.17) is 5.11 Å². The van der Waals surface area contributed by atoms with E-state index in [2.05, 4.69) is 31.3 Å². The maximum Gasteiger partial charge on any atom is 0.303 e. The van der Waals surface area contributed by atoms with Crippen LogP contribution in [-0.4, -0.2) is 28.1 Å². The average molecular weight is 442 g/mol. The summed E-state index contributed by atoms with van der Waals surface area (Å²) in [4.78, 5) is 23.9. The predicted octanol–water partition coefficient (Wildman–Crippen LogP) is 5.59. The zero-order valence-corrected chi connectivity index (χ0v) is 19.0. The summed E-state index contributed by atoms with van der Waals surface area (Å²) in [6.45, 7) is 4.64. The number of carboxylic acid groups (broad SMARTS) is 1. The molecule has 3 saturated carbocycles. The van der Waals surface area contributed by atoms with Gasteiger partial charge in [0, 0.05) is 27.9 Å². The molecule has 2 aromatic rings. The van der Waals surface area contributed by atoms with Crippen LogP contribution in [0.4, 0.5) is 0 Å². The number of allylic oxidation sites excluding steroid dienone is 2. The Kier molecular flexibility index (Phi) is 6.11. The molecular formula is C25H31NO4S. The van der Waals surface area contributed by atoms with Crippen LogP contribution in [-0.2, 0) is 4.79 Å². The molecule has 0 radical (unpaired) electrons. The van der Waals surface area contributed by atoms with Gasteiger partial charge in [-0.1, -0.05) is 26.0 Å². The molecule has 1 aromatic heterocycles. The van der Waals surface area contributed by atoms with Crippen molar-refractivity contribution in [2.45, 2.75) is 58.4 Å². The molecule has 1 unspecified atom stereocenters.